The quantitative estimate of drug-likeness (QED) is 0.887. The fourth-order valence-electron chi connectivity index (χ4n) is 2.07. The summed E-state index contributed by atoms with van der Waals surface area (Å²) in [5.74, 6) is 1.65. The van der Waals surface area contributed by atoms with Gasteiger partial charge >= 0.3 is 0 Å². The maximum absolute atomic E-state index is 6.07. The number of nitrogens with zero attached hydrogens (tertiary/aromatic N) is 3. The monoisotopic (exact) mass is 294 g/mol. The molecule has 0 aromatic carbocycles. The molecule has 0 fully saturated rings. The van der Waals surface area contributed by atoms with Crippen LogP contribution in [0.1, 0.15) is 26.2 Å². The number of hydrogen-bond donors (Lipinski definition) is 1. The molecule has 2 rings (SSSR count). The molecule has 0 saturated carbocycles. The highest BCUT2D eigenvalue weighted by Crippen LogP contribution is 2.22. The van der Waals surface area contributed by atoms with Crippen LogP contribution in [0.15, 0.2) is 22.9 Å². The SMILES string of the molecule is CNC(Cc1nc(-c2ncccc2Cl)no1)CC(C)C. The van der Waals surface area contributed by atoms with Crippen molar-refractivity contribution in [1.82, 2.24) is 20.4 Å². The topological polar surface area (TPSA) is 63.8 Å². The van der Waals surface area contributed by atoms with E-state index in [1.54, 1.807) is 18.3 Å². The van der Waals surface area contributed by atoms with Gasteiger partial charge in [0.25, 0.3) is 0 Å². The highest BCUT2D eigenvalue weighted by Gasteiger charge is 2.17. The second-order valence-electron chi connectivity index (χ2n) is 5.16. The van der Waals surface area contributed by atoms with Crippen LogP contribution >= 0.6 is 11.6 Å². The Labute approximate surface area is 123 Å². The van der Waals surface area contributed by atoms with Crippen LogP contribution in [0.3, 0.4) is 0 Å². The molecule has 2 heterocycles. The summed E-state index contributed by atoms with van der Waals surface area (Å²) in [5.41, 5.74) is 0.550. The summed E-state index contributed by atoms with van der Waals surface area (Å²) in [7, 11) is 1.94. The molecule has 6 heteroatoms. The minimum absolute atomic E-state index is 0.322. The number of aromatic nitrogens is 3. The van der Waals surface area contributed by atoms with Crippen molar-refractivity contribution in [1.29, 1.82) is 0 Å². The first-order valence-corrected chi connectivity index (χ1v) is 7.08. The molecule has 1 unspecified atom stereocenters. The fraction of sp³-hybridized carbons (Fsp3) is 0.500. The molecule has 0 bridgehead atoms. The second-order valence-corrected chi connectivity index (χ2v) is 5.57. The van der Waals surface area contributed by atoms with E-state index < -0.39 is 0 Å². The average Bonchev–Trinajstić information content (AvgIpc) is 2.86. The fourth-order valence-corrected chi connectivity index (χ4v) is 2.27. The van der Waals surface area contributed by atoms with Gasteiger partial charge < -0.3 is 9.84 Å². The van der Waals surface area contributed by atoms with E-state index in [-0.39, 0.29) is 0 Å². The van der Waals surface area contributed by atoms with Crippen LogP contribution in [-0.2, 0) is 6.42 Å². The van der Waals surface area contributed by atoms with Gasteiger partial charge in [-0.25, -0.2) is 0 Å². The van der Waals surface area contributed by atoms with Gasteiger partial charge in [0.05, 0.1) is 5.02 Å². The van der Waals surface area contributed by atoms with Gasteiger partial charge in [0, 0.05) is 18.7 Å². The van der Waals surface area contributed by atoms with Gasteiger partial charge in [-0.3, -0.25) is 4.98 Å². The van der Waals surface area contributed by atoms with Gasteiger partial charge in [0.15, 0.2) is 0 Å². The van der Waals surface area contributed by atoms with Crippen LogP contribution < -0.4 is 5.32 Å². The number of nitrogens with one attached hydrogen (secondary N) is 1. The summed E-state index contributed by atoms with van der Waals surface area (Å²) in [5, 5.41) is 7.75. The Morgan fingerprint density at radius 2 is 2.20 bits per heavy atom. The molecule has 0 amide bonds. The molecule has 108 valence electrons. The zero-order valence-electron chi connectivity index (χ0n) is 11.9. The lowest BCUT2D eigenvalue weighted by molar-refractivity contribution is 0.345. The third-order valence-electron chi connectivity index (χ3n) is 3.02. The first-order valence-electron chi connectivity index (χ1n) is 6.71. The Bertz CT molecular complexity index is 556. The van der Waals surface area contributed by atoms with Crippen molar-refractivity contribution in [3.8, 4) is 11.5 Å². The summed E-state index contributed by atoms with van der Waals surface area (Å²) >= 11 is 6.07. The zero-order valence-corrected chi connectivity index (χ0v) is 12.7. The van der Waals surface area contributed by atoms with Crippen LogP contribution in [0.4, 0.5) is 0 Å². The number of hydrogen-bond acceptors (Lipinski definition) is 5. The van der Waals surface area contributed by atoms with Crippen molar-refractivity contribution in [2.45, 2.75) is 32.7 Å². The number of pyridine rings is 1. The maximum Gasteiger partial charge on any atom is 0.228 e. The number of likely N-dealkylation sites (N-methyl/N-ethyl adjacent to an activating group) is 1. The van der Waals surface area contributed by atoms with Crippen molar-refractivity contribution in [2.75, 3.05) is 7.05 Å². The van der Waals surface area contributed by atoms with Gasteiger partial charge in [0.2, 0.25) is 11.7 Å². The molecular formula is C14H19ClN4O. The van der Waals surface area contributed by atoms with Gasteiger partial charge in [0.1, 0.15) is 5.69 Å². The van der Waals surface area contributed by atoms with E-state index in [0.29, 0.717) is 40.8 Å². The van der Waals surface area contributed by atoms with Gasteiger partial charge in [-0.2, -0.15) is 4.98 Å². The van der Waals surface area contributed by atoms with Crippen LogP contribution in [0.25, 0.3) is 11.5 Å². The number of rotatable bonds is 6. The van der Waals surface area contributed by atoms with E-state index in [2.05, 4.69) is 34.3 Å². The maximum atomic E-state index is 6.07. The third-order valence-corrected chi connectivity index (χ3v) is 3.33. The van der Waals surface area contributed by atoms with E-state index in [9.17, 15) is 0 Å². The molecule has 1 N–H and O–H groups in total. The van der Waals surface area contributed by atoms with Crippen molar-refractivity contribution in [2.24, 2.45) is 5.92 Å². The molecule has 20 heavy (non-hydrogen) atoms. The van der Waals surface area contributed by atoms with Crippen molar-refractivity contribution < 1.29 is 4.52 Å². The first kappa shape index (κ1) is 14.9. The molecular weight excluding hydrogens is 276 g/mol. The van der Waals surface area contributed by atoms with E-state index in [1.807, 2.05) is 7.05 Å². The first-order chi connectivity index (χ1) is 9.60. The molecule has 0 aliphatic rings. The standard InChI is InChI=1S/C14H19ClN4O/c1-9(2)7-10(16-3)8-12-18-14(19-20-12)13-11(15)5-4-6-17-13/h4-6,9-10,16H,7-8H2,1-3H3. The van der Waals surface area contributed by atoms with Gasteiger partial charge in [-0.05, 0) is 31.5 Å². The molecule has 0 aliphatic heterocycles. The molecule has 0 radical (unpaired) electrons. The highest BCUT2D eigenvalue weighted by molar-refractivity contribution is 6.32. The average molecular weight is 295 g/mol. The van der Waals surface area contributed by atoms with Crippen LogP contribution in [0.5, 0.6) is 0 Å². The minimum atomic E-state index is 0.322. The predicted molar refractivity (Wildman–Crippen MR) is 78.5 cm³/mol. The lowest BCUT2D eigenvalue weighted by atomic mass is 10.0. The Balaban J connectivity index is 2.11. The highest BCUT2D eigenvalue weighted by atomic mass is 35.5. The van der Waals surface area contributed by atoms with Crippen molar-refractivity contribution >= 4 is 11.6 Å². The van der Waals surface area contributed by atoms with Crippen LogP contribution in [-0.4, -0.2) is 28.2 Å². The summed E-state index contributed by atoms with van der Waals surface area (Å²) in [6, 6.07) is 3.85. The van der Waals surface area contributed by atoms with Gasteiger partial charge in [-0.1, -0.05) is 30.6 Å². The molecule has 2 aromatic rings. The molecule has 2 aromatic heterocycles. The normalized spacial score (nSPS) is 12.8. The van der Waals surface area contributed by atoms with E-state index in [1.165, 1.54) is 0 Å². The molecule has 0 spiro atoms. The summed E-state index contributed by atoms with van der Waals surface area (Å²) < 4.78 is 5.29. The lowest BCUT2D eigenvalue weighted by Crippen LogP contribution is -2.29. The lowest BCUT2D eigenvalue weighted by Gasteiger charge is -2.15. The molecule has 5 nitrogen and oxygen atoms in total. The molecule has 0 saturated heterocycles. The third kappa shape index (κ3) is 3.77. The van der Waals surface area contributed by atoms with Crippen molar-refractivity contribution in [3.05, 3.63) is 29.2 Å². The van der Waals surface area contributed by atoms with Gasteiger partial charge in [-0.15, -0.1) is 0 Å². The predicted octanol–water partition coefficient (Wildman–Crippen LogP) is 2.96. The Kier molecular flexibility index (Phi) is 5.09. The van der Waals surface area contributed by atoms with Crippen LogP contribution in [0.2, 0.25) is 5.02 Å². The largest absolute Gasteiger partial charge is 0.339 e. The Hall–Kier alpha value is -1.46. The molecule has 0 aliphatic carbocycles. The van der Waals surface area contributed by atoms with Crippen molar-refractivity contribution in [3.63, 3.8) is 0 Å². The van der Waals surface area contributed by atoms with E-state index >= 15 is 0 Å². The van der Waals surface area contributed by atoms with E-state index in [0.717, 1.165) is 6.42 Å². The van der Waals surface area contributed by atoms with E-state index in [4.69, 9.17) is 16.1 Å². The smallest absolute Gasteiger partial charge is 0.228 e. The van der Waals surface area contributed by atoms with Crippen LogP contribution in [0, 0.1) is 5.92 Å². The minimum Gasteiger partial charge on any atom is -0.339 e. The summed E-state index contributed by atoms with van der Waals surface area (Å²) in [6.07, 6.45) is 3.41. The second kappa shape index (κ2) is 6.81. The zero-order chi connectivity index (χ0) is 14.5. The molecule has 1 atom stereocenters. The summed E-state index contributed by atoms with van der Waals surface area (Å²) in [4.78, 5) is 8.55. The number of halogens is 1. The summed E-state index contributed by atoms with van der Waals surface area (Å²) in [6.45, 7) is 4.38. The Morgan fingerprint density at radius 3 is 2.85 bits per heavy atom. The Morgan fingerprint density at radius 1 is 1.40 bits per heavy atom.